The SMILES string of the molecule is Cc1cc([C@H]2COCCN2)ccc1O. The first-order valence-corrected chi connectivity index (χ1v) is 4.88. The number of hydrogen-bond acceptors (Lipinski definition) is 3. The van der Waals surface area contributed by atoms with Crippen molar-refractivity contribution < 1.29 is 9.84 Å². The smallest absolute Gasteiger partial charge is 0.118 e. The van der Waals surface area contributed by atoms with Crippen molar-refractivity contribution in [1.82, 2.24) is 5.32 Å². The van der Waals surface area contributed by atoms with E-state index in [9.17, 15) is 5.11 Å². The molecule has 0 bridgehead atoms. The summed E-state index contributed by atoms with van der Waals surface area (Å²) in [6.45, 7) is 4.30. The van der Waals surface area contributed by atoms with Crippen molar-refractivity contribution in [2.75, 3.05) is 19.8 Å². The molecule has 0 radical (unpaired) electrons. The van der Waals surface area contributed by atoms with Gasteiger partial charge in [-0.2, -0.15) is 0 Å². The van der Waals surface area contributed by atoms with Crippen LogP contribution in [-0.4, -0.2) is 24.9 Å². The van der Waals surface area contributed by atoms with E-state index in [1.165, 1.54) is 5.56 Å². The number of phenols is 1. The maximum atomic E-state index is 9.39. The van der Waals surface area contributed by atoms with E-state index in [0.717, 1.165) is 18.7 Å². The molecule has 1 saturated heterocycles. The normalized spacial score (nSPS) is 22.2. The lowest BCUT2D eigenvalue weighted by Gasteiger charge is -2.24. The number of nitrogens with one attached hydrogen (secondary N) is 1. The molecule has 1 fully saturated rings. The summed E-state index contributed by atoms with van der Waals surface area (Å²) in [6.07, 6.45) is 0. The van der Waals surface area contributed by atoms with Gasteiger partial charge in [0, 0.05) is 6.54 Å². The highest BCUT2D eigenvalue weighted by atomic mass is 16.5. The predicted octanol–water partition coefficient (Wildman–Crippen LogP) is 1.36. The molecule has 76 valence electrons. The van der Waals surface area contributed by atoms with Crippen LogP contribution in [0.15, 0.2) is 18.2 Å². The first kappa shape index (κ1) is 9.49. The van der Waals surface area contributed by atoms with Gasteiger partial charge in [-0.15, -0.1) is 0 Å². The topological polar surface area (TPSA) is 41.5 Å². The number of ether oxygens (including phenoxy) is 1. The number of benzene rings is 1. The van der Waals surface area contributed by atoms with Crippen LogP contribution in [0.3, 0.4) is 0 Å². The summed E-state index contributed by atoms with van der Waals surface area (Å²) in [5, 5.41) is 12.8. The quantitative estimate of drug-likeness (QED) is 0.707. The molecule has 0 aliphatic carbocycles. The maximum Gasteiger partial charge on any atom is 0.118 e. The van der Waals surface area contributed by atoms with Gasteiger partial charge >= 0.3 is 0 Å². The van der Waals surface area contributed by atoms with Crippen molar-refractivity contribution in [3.05, 3.63) is 29.3 Å². The second kappa shape index (κ2) is 3.98. The molecule has 2 N–H and O–H groups in total. The van der Waals surface area contributed by atoms with Gasteiger partial charge in [0.25, 0.3) is 0 Å². The van der Waals surface area contributed by atoms with Crippen molar-refractivity contribution in [1.29, 1.82) is 0 Å². The van der Waals surface area contributed by atoms with Crippen molar-refractivity contribution in [3.8, 4) is 5.75 Å². The molecule has 3 heteroatoms. The second-order valence-electron chi connectivity index (χ2n) is 3.63. The molecule has 1 aromatic carbocycles. The van der Waals surface area contributed by atoms with Crippen molar-refractivity contribution in [2.24, 2.45) is 0 Å². The lowest BCUT2D eigenvalue weighted by molar-refractivity contribution is 0.0768. The van der Waals surface area contributed by atoms with Gasteiger partial charge in [-0.25, -0.2) is 0 Å². The minimum atomic E-state index is 0.267. The van der Waals surface area contributed by atoms with E-state index in [4.69, 9.17) is 4.74 Å². The summed E-state index contributed by atoms with van der Waals surface area (Å²) in [6, 6.07) is 5.94. The Labute approximate surface area is 83.7 Å². The van der Waals surface area contributed by atoms with Crippen LogP contribution in [0.5, 0.6) is 5.75 Å². The summed E-state index contributed by atoms with van der Waals surface area (Å²) >= 11 is 0. The minimum absolute atomic E-state index is 0.267. The third-order valence-corrected chi connectivity index (χ3v) is 2.54. The number of hydrogen-bond donors (Lipinski definition) is 2. The highest BCUT2D eigenvalue weighted by molar-refractivity contribution is 5.36. The summed E-state index contributed by atoms with van der Waals surface area (Å²) in [7, 11) is 0. The van der Waals surface area contributed by atoms with Crippen molar-refractivity contribution in [3.63, 3.8) is 0 Å². The monoisotopic (exact) mass is 193 g/mol. The van der Waals surface area contributed by atoms with E-state index in [0.29, 0.717) is 12.4 Å². The predicted molar refractivity (Wildman–Crippen MR) is 54.4 cm³/mol. The lowest BCUT2D eigenvalue weighted by atomic mass is 10.0. The van der Waals surface area contributed by atoms with Crippen LogP contribution < -0.4 is 5.32 Å². The van der Waals surface area contributed by atoms with Crippen LogP contribution in [0.4, 0.5) is 0 Å². The molecule has 0 spiro atoms. The zero-order valence-electron chi connectivity index (χ0n) is 8.29. The Morgan fingerprint density at radius 3 is 3.00 bits per heavy atom. The van der Waals surface area contributed by atoms with Gasteiger partial charge in [-0.3, -0.25) is 0 Å². The first-order chi connectivity index (χ1) is 6.77. The molecule has 14 heavy (non-hydrogen) atoms. The Bertz CT molecular complexity index is 319. The maximum absolute atomic E-state index is 9.39. The molecule has 2 rings (SSSR count). The Morgan fingerprint density at radius 1 is 1.50 bits per heavy atom. The molecule has 1 aliphatic rings. The van der Waals surface area contributed by atoms with E-state index in [-0.39, 0.29) is 6.04 Å². The van der Waals surface area contributed by atoms with Gasteiger partial charge in [0.1, 0.15) is 5.75 Å². The molecular weight excluding hydrogens is 178 g/mol. The van der Waals surface area contributed by atoms with Gasteiger partial charge < -0.3 is 15.2 Å². The molecule has 0 saturated carbocycles. The lowest BCUT2D eigenvalue weighted by Crippen LogP contribution is -2.34. The summed E-state index contributed by atoms with van der Waals surface area (Å²) in [5.74, 6) is 0.352. The Hall–Kier alpha value is -1.06. The van der Waals surface area contributed by atoms with Crippen LogP contribution in [-0.2, 0) is 4.74 Å². The third-order valence-electron chi connectivity index (χ3n) is 2.54. The zero-order chi connectivity index (χ0) is 9.97. The molecule has 0 aromatic heterocycles. The first-order valence-electron chi connectivity index (χ1n) is 4.88. The molecular formula is C11H15NO2. The fourth-order valence-electron chi connectivity index (χ4n) is 1.67. The Morgan fingerprint density at radius 2 is 2.36 bits per heavy atom. The Kier molecular flexibility index (Phi) is 2.70. The number of aryl methyl sites for hydroxylation is 1. The van der Waals surface area contributed by atoms with Gasteiger partial charge in [0.2, 0.25) is 0 Å². The van der Waals surface area contributed by atoms with Crippen LogP contribution in [0, 0.1) is 6.92 Å². The molecule has 1 heterocycles. The molecule has 1 aliphatic heterocycles. The summed E-state index contributed by atoms with van der Waals surface area (Å²) in [4.78, 5) is 0. The number of rotatable bonds is 1. The fraction of sp³-hybridized carbons (Fsp3) is 0.455. The van der Waals surface area contributed by atoms with Crippen LogP contribution in [0.1, 0.15) is 17.2 Å². The summed E-state index contributed by atoms with van der Waals surface area (Å²) < 4.78 is 5.38. The zero-order valence-corrected chi connectivity index (χ0v) is 8.29. The van der Waals surface area contributed by atoms with Crippen LogP contribution in [0.2, 0.25) is 0 Å². The highest BCUT2D eigenvalue weighted by Gasteiger charge is 2.15. The van der Waals surface area contributed by atoms with E-state index >= 15 is 0 Å². The average molecular weight is 193 g/mol. The molecule has 1 atom stereocenters. The fourth-order valence-corrected chi connectivity index (χ4v) is 1.67. The standard InChI is InChI=1S/C11H15NO2/c1-8-6-9(2-3-11(8)13)10-7-14-5-4-12-10/h2-3,6,10,12-13H,4-5,7H2,1H3/t10-/m1/s1. The minimum Gasteiger partial charge on any atom is -0.508 e. The van der Waals surface area contributed by atoms with Crippen molar-refractivity contribution >= 4 is 0 Å². The van der Waals surface area contributed by atoms with Gasteiger partial charge in [0.05, 0.1) is 19.3 Å². The van der Waals surface area contributed by atoms with E-state index in [2.05, 4.69) is 5.32 Å². The third kappa shape index (κ3) is 1.89. The van der Waals surface area contributed by atoms with Gasteiger partial charge in [-0.1, -0.05) is 12.1 Å². The largest absolute Gasteiger partial charge is 0.508 e. The van der Waals surface area contributed by atoms with E-state index < -0.39 is 0 Å². The van der Waals surface area contributed by atoms with Gasteiger partial charge in [0.15, 0.2) is 0 Å². The second-order valence-corrected chi connectivity index (χ2v) is 3.63. The number of phenolic OH excluding ortho intramolecular Hbond substituents is 1. The number of aromatic hydroxyl groups is 1. The Balaban J connectivity index is 2.18. The average Bonchev–Trinajstić information content (AvgIpc) is 2.23. The molecule has 1 aromatic rings. The molecule has 0 amide bonds. The van der Waals surface area contributed by atoms with Crippen molar-refractivity contribution in [2.45, 2.75) is 13.0 Å². The highest BCUT2D eigenvalue weighted by Crippen LogP contribution is 2.22. The molecule has 0 unspecified atom stereocenters. The van der Waals surface area contributed by atoms with Crippen LogP contribution in [0.25, 0.3) is 0 Å². The van der Waals surface area contributed by atoms with Gasteiger partial charge in [-0.05, 0) is 24.1 Å². The summed E-state index contributed by atoms with van der Waals surface area (Å²) in [5.41, 5.74) is 2.09. The van der Waals surface area contributed by atoms with E-state index in [1.807, 2.05) is 19.1 Å². The van der Waals surface area contributed by atoms with Crippen LogP contribution >= 0.6 is 0 Å². The van der Waals surface area contributed by atoms with E-state index in [1.54, 1.807) is 6.07 Å². The molecule has 3 nitrogen and oxygen atoms in total. The number of morpholine rings is 1.